The summed E-state index contributed by atoms with van der Waals surface area (Å²) < 4.78 is 1.39. The number of benzene rings is 1. The van der Waals surface area contributed by atoms with E-state index in [4.69, 9.17) is 0 Å². The van der Waals surface area contributed by atoms with Crippen molar-refractivity contribution in [2.24, 2.45) is 0 Å². The summed E-state index contributed by atoms with van der Waals surface area (Å²) in [5, 5.41) is 9.81. The van der Waals surface area contributed by atoms with Gasteiger partial charge in [-0.3, -0.25) is 9.59 Å². The number of rotatable bonds is 3. The molecule has 0 unspecified atom stereocenters. The lowest BCUT2D eigenvalue weighted by atomic mass is 10.1. The molecule has 3 nitrogen and oxygen atoms in total. The highest BCUT2D eigenvalue weighted by molar-refractivity contribution is 9.10. The van der Waals surface area contributed by atoms with Crippen molar-refractivity contribution in [3.05, 3.63) is 78.8 Å². The Kier molecular flexibility index (Phi) is 5.09. The Labute approximate surface area is 138 Å². The molecule has 5 heteroatoms. The number of carbonyl (C=O) groups excluding carboxylic acids is 1. The molecular weight excluding hydrogens is 400 g/mol. The molecule has 0 spiro atoms. The van der Waals surface area contributed by atoms with E-state index in [0.717, 1.165) is 10.0 Å². The molecule has 0 amide bonds. The van der Waals surface area contributed by atoms with Crippen molar-refractivity contribution in [2.45, 2.75) is 0 Å². The van der Waals surface area contributed by atoms with E-state index in [-0.39, 0.29) is 5.56 Å². The summed E-state index contributed by atoms with van der Waals surface area (Å²) in [6.07, 6.45) is 2.94. The van der Waals surface area contributed by atoms with E-state index in [0.29, 0.717) is 4.47 Å². The Bertz CT molecular complexity index is 783. The molecule has 0 radical (unpaired) electrons. The molecular formula is C16H10Br2O3. The zero-order valence-electron chi connectivity index (χ0n) is 10.7. The van der Waals surface area contributed by atoms with Crippen molar-refractivity contribution < 1.29 is 9.90 Å². The van der Waals surface area contributed by atoms with Gasteiger partial charge in [-0.15, -0.1) is 0 Å². The van der Waals surface area contributed by atoms with E-state index in [1.54, 1.807) is 6.08 Å². The molecule has 0 saturated heterocycles. The van der Waals surface area contributed by atoms with Gasteiger partial charge in [-0.25, -0.2) is 0 Å². The van der Waals surface area contributed by atoms with Gasteiger partial charge in [-0.1, -0.05) is 50.1 Å². The van der Waals surface area contributed by atoms with Gasteiger partial charge in [0.2, 0.25) is 5.43 Å². The minimum Gasteiger partial charge on any atom is -0.504 e. The third kappa shape index (κ3) is 3.89. The Morgan fingerprint density at radius 1 is 1.10 bits per heavy atom. The number of aromatic hydroxyl groups is 1. The summed E-state index contributed by atoms with van der Waals surface area (Å²) >= 11 is 6.58. The van der Waals surface area contributed by atoms with E-state index in [2.05, 4.69) is 31.9 Å². The Balaban J connectivity index is 2.41. The van der Waals surface area contributed by atoms with Crippen LogP contribution in [0.15, 0.2) is 62.3 Å². The molecule has 0 heterocycles. The Morgan fingerprint density at radius 2 is 1.81 bits per heavy atom. The lowest BCUT2D eigenvalue weighted by molar-refractivity contribution is 0.104. The van der Waals surface area contributed by atoms with Crippen LogP contribution in [0.2, 0.25) is 0 Å². The molecule has 0 aromatic heterocycles. The lowest BCUT2D eigenvalue weighted by Gasteiger charge is -1.98. The van der Waals surface area contributed by atoms with Crippen molar-refractivity contribution in [3.63, 3.8) is 0 Å². The highest BCUT2D eigenvalue weighted by Crippen LogP contribution is 2.20. The predicted octanol–water partition coefficient (Wildman–Crippen LogP) is 4.17. The van der Waals surface area contributed by atoms with Crippen molar-refractivity contribution in [1.29, 1.82) is 0 Å². The fourth-order valence-electron chi connectivity index (χ4n) is 1.67. The molecule has 2 aromatic carbocycles. The van der Waals surface area contributed by atoms with Gasteiger partial charge in [-0.2, -0.15) is 0 Å². The Morgan fingerprint density at radius 3 is 2.52 bits per heavy atom. The molecule has 0 aliphatic carbocycles. The topological polar surface area (TPSA) is 54.4 Å². The Hall–Kier alpha value is -1.72. The minimum atomic E-state index is -0.599. The molecule has 2 rings (SSSR count). The molecule has 0 bridgehead atoms. The van der Waals surface area contributed by atoms with Crippen LogP contribution in [0, 0.1) is 0 Å². The fourth-order valence-corrected chi connectivity index (χ4v) is 2.45. The fraction of sp³-hybridized carbons (Fsp3) is 0. The van der Waals surface area contributed by atoms with E-state index in [9.17, 15) is 14.7 Å². The monoisotopic (exact) mass is 408 g/mol. The number of carbonyl (C=O) groups is 1. The molecule has 0 saturated carbocycles. The first-order valence-corrected chi connectivity index (χ1v) is 7.57. The molecule has 0 atom stereocenters. The summed E-state index contributed by atoms with van der Waals surface area (Å²) in [5.41, 5.74) is 0.186. The average Bonchev–Trinajstić information content (AvgIpc) is 2.60. The van der Waals surface area contributed by atoms with Gasteiger partial charge in [0.05, 0.1) is 5.56 Å². The van der Waals surface area contributed by atoms with Crippen LogP contribution in [-0.4, -0.2) is 10.9 Å². The summed E-state index contributed by atoms with van der Waals surface area (Å²) in [4.78, 5) is 23.7. The molecule has 0 aliphatic heterocycles. The van der Waals surface area contributed by atoms with E-state index >= 15 is 0 Å². The standard InChI is InChI=1S/C16H10Br2O3/c17-11-6-8-15(20)16(21)12(9-11)14(19)7-5-10-3-1-2-4-13(10)18/h1-9H,(H,20,21)/b7-5-. The summed E-state index contributed by atoms with van der Waals surface area (Å²) in [5.74, 6) is -1.00. The van der Waals surface area contributed by atoms with Gasteiger partial charge >= 0.3 is 0 Å². The first-order valence-electron chi connectivity index (χ1n) is 5.99. The highest BCUT2D eigenvalue weighted by atomic mass is 79.9. The minimum absolute atomic E-state index is 0.0415. The van der Waals surface area contributed by atoms with Crippen LogP contribution >= 0.6 is 31.9 Å². The smallest absolute Gasteiger partial charge is 0.220 e. The van der Waals surface area contributed by atoms with Gasteiger partial charge in [-0.05, 0) is 42.0 Å². The van der Waals surface area contributed by atoms with Crippen LogP contribution in [0.5, 0.6) is 5.75 Å². The third-order valence-electron chi connectivity index (χ3n) is 2.75. The predicted molar refractivity (Wildman–Crippen MR) is 89.6 cm³/mol. The van der Waals surface area contributed by atoms with Crippen molar-refractivity contribution in [2.75, 3.05) is 0 Å². The number of allylic oxidation sites excluding steroid dienone is 1. The van der Waals surface area contributed by atoms with Crippen LogP contribution in [-0.2, 0) is 0 Å². The van der Waals surface area contributed by atoms with Gasteiger partial charge in [0.25, 0.3) is 0 Å². The van der Waals surface area contributed by atoms with E-state index in [1.807, 2.05) is 24.3 Å². The van der Waals surface area contributed by atoms with Crippen LogP contribution in [0.4, 0.5) is 0 Å². The first-order chi connectivity index (χ1) is 9.99. The number of hydrogen-bond donors (Lipinski definition) is 1. The summed E-state index contributed by atoms with van der Waals surface area (Å²) in [7, 11) is 0. The zero-order chi connectivity index (χ0) is 15.4. The second-order valence-corrected chi connectivity index (χ2v) is 5.98. The zero-order valence-corrected chi connectivity index (χ0v) is 13.9. The third-order valence-corrected chi connectivity index (χ3v) is 3.97. The van der Waals surface area contributed by atoms with Gasteiger partial charge in [0, 0.05) is 8.95 Å². The molecule has 21 heavy (non-hydrogen) atoms. The maximum atomic E-state index is 12.2. The van der Waals surface area contributed by atoms with E-state index in [1.165, 1.54) is 24.3 Å². The van der Waals surface area contributed by atoms with Crippen molar-refractivity contribution in [1.82, 2.24) is 0 Å². The maximum absolute atomic E-state index is 12.2. The number of hydrogen-bond acceptors (Lipinski definition) is 3. The second-order valence-electron chi connectivity index (χ2n) is 4.21. The van der Waals surface area contributed by atoms with E-state index < -0.39 is 17.0 Å². The molecule has 0 fully saturated rings. The van der Waals surface area contributed by atoms with Crippen molar-refractivity contribution in [3.8, 4) is 5.75 Å². The average molecular weight is 410 g/mol. The second kappa shape index (κ2) is 6.83. The number of halogens is 2. The molecule has 1 N–H and O–H groups in total. The SMILES string of the molecule is O=C(/C=C\c1ccccc1Br)c1cc(Br)ccc(=O)c1O. The maximum Gasteiger partial charge on any atom is 0.220 e. The van der Waals surface area contributed by atoms with Gasteiger partial charge < -0.3 is 5.11 Å². The van der Waals surface area contributed by atoms with Gasteiger partial charge in [0.15, 0.2) is 11.5 Å². The highest BCUT2D eigenvalue weighted by Gasteiger charge is 2.11. The van der Waals surface area contributed by atoms with Crippen molar-refractivity contribution >= 4 is 43.7 Å². The molecule has 106 valence electrons. The largest absolute Gasteiger partial charge is 0.504 e. The van der Waals surface area contributed by atoms with Crippen LogP contribution in [0.3, 0.4) is 0 Å². The van der Waals surface area contributed by atoms with Crippen LogP contribution in [0.25, 0.3) is 6.08 Å². The van der Waals surface area contributed by atoms with Crippen LogP contribution in [0.1, 0.15) is 15.9 Å². The quantitative estimate of drug-likeness (QED) is 0.611. The normalized spacial score (nSPS) is 10.8. The van der Waals surface area contributed by atoms with Crippen LogP contribution < -0.4 is 5.43 Å². The number of ketones is 1. The summed E-state index contributed by atoms with van der Waals surface area (Å²) in [6, 6.07) is 11.5. The molecule has 2 aromatic rings. The summed E-state index contributed by atoms with van der Waals surface area (Å²) in [6.45, 7) is 0. The van der Waals surface area contributed by atoms with Gasteiger partial charge in [0.1, 0.15) is 0 Å². The molecule has 0 aliphatic rings. The lowest BCUT2D eigenvalue weighted by Crippen LogP contribution is -2.01. The first kappa shape index (κ1) is 15.7.